The fraction of sp³-hybridized carbons (Fsp3) is 0.154. The van der Waals surface area contributed by atoms with E-state index in [9.17, 15) is 26.4 Å². The first-order valence-electron chi connectivity index (χ1n) is 6.00. The van der Waals surface area contributed by atoms with Crippen molar-refractivity contribution in [3.05, 3.63) is 42.4 Å². The number of halogens is 3. The van der Waals surface area contributed by atoms with Crippen molar-refractivity contribution in [2.45, 2.75) is 10.4 Å². The molecule has 1 N–H and O–H groups in total. The smallest absolute Gasteiger partial charge is 0.495 e. The van der Waals surface area contributed by atoms with Gasteiger partial charge in [0.1, 0.15) is 12.0 Å². The van der Waals surface area contributed by atoms with Crippen molar-refractivity contribution in [2.75, 3.05) is 12.4 Å². The van der Waals surface area contributed by atoms with E-state index in [0.717, 1.165) is 18.4 Å². The Labute approximate surface area is 128 Å². The molecule has 0 radical (unpaired) electrons. The Bertz CT molecular complexity index is 813. The Balaban J connectivity index is 2.43. The average molecular weight is 349 g/mol. The molecule has 0 atom stereocenters. The highest BCUT2D eigenvalue weighted by Crippen LogP contribution is 2.34. The summed E-state index contributed by atoms with van der Waals surface area (Å²) >= 11 is 0. The van der Waals surface area contributed by atoms with Gasteiger partial charge in [-0.05, 0) is 24.3 Å². The van der Waals surface area contributed by atoms with Crippen molar-refractivity contribution in [3.63, 3.8) is 0 Å². The van der Waals surface area contributed by atoms with E-state index in [0.29, 0.717) is 6.07 Å². The van der Waals surface area contributed by atoms with Gasteiger partial charge in [-0.25, -0.2) is 8.42 Å². The molecule has 0 fully saturated rings. The molecule has 0 aliphatic heterocycles. The number of alkyl halides is 3. The number of hydrogen-bond acceptors (Lipinski definition) is 5. The van der Waals surface area contributed by atoms with Gasteiger partial charge in [-0.3, -0.25) is 4.79 Å². The van der Waals surface area contributed by atoms with Crippen LogP contribution in [0.3, 0.4) is 0 Å². The van der Waals surface area contributed by atoms with E-state index in [2.05, 4.69) is 5.32 Å². The maximum Gasteiger partial charge on any atom is 0.501 e. The lowest BCUT2D eigenvalue weighted by Crippen LogP contribution is -2.23. The molecule has 0 aliphatic carbocycles. The number of hydrogen-bond donors (Lipinski definition) is 1. The summed E-state index contributed by atoms with van der Waals surface area (Å²) in [7, 11) is -4.32. The van der Waals surface area contributed by atoms with Gasteiger partial charge in [0.15, 0.2) is 0 Å². The lowest BCUT2D eigenvalue weighted by atomic mass is 10.2. The highest BCUT2D eigenvalue weighted by Gasteiger charge is 2.47. The number of methoxy groups -OCH3 is 1. The number of rotatable bonds is 4. The molecule has 10 heteroatoms. The van der Waals surface area contributed by atoms with E-state index in [1.54, 1.807) is 0 Å². The summed E-state index contributed by atoms with van der Waals surface area (Å²) in [4.78, 5) is 10.9. The van der Waals surface area contributed by atoms with Crippen molar-refractivity contribution in [2.24, 2.45) is 0 Å². The molecule has 1 aromatic carbocycles. The topological polar surface area (TPSA) is 85.6 Å². The first-order chi connectivity index (χ1) is 10.7. The number of sulfone groups is 1. The summed E-state index contributed by atoms with van der Waals surface area (Å²) in [6.07, 6.45) is 2.36. The van der Waals surface area contributed by atoms with Gasteiger partial charge in [0.05, 0.1) is 29.5 Å². The van der Waals surface area contributed by atoms with E-state index in [-0.39, 0.29) is 17.0 Å². The minimum absolute atomic E-state index is 0.00275. The summed E-state index contributed by atoms with van der Waals surface area (Å²) in [5.74, 6) is -0.693. The summed E-state index contributed by atoms with van der Waals surface area (Å²) in [6.45, 7) is 0. The van der Waals surface area contributed by atoms with Crippen molar-refractivity contribution < 1.29 is 35.5 Å². The minimum Gasteiger partial charge on any atom is -0.495 e. The predicted octanol–water partition coefficient (Wildman–Crippen LogP) is 2.83. The van der Waals surface area contributed by atoms with Crippen LogP contribution in [0.15, 0.2) is 46.1 Å². The van der Waals surface area contributed by atoms with Crippen LogP contribution in [0.2, 0.25) is 0 Å². The molecule has 2 rings (SSSR count). The predicted molar refractivity (Wildman–Crippen MR) is 72.9 cm³/mol. The highest BCUT2D eigenvalue weighted by molar-refractivity contribution is 7.92. The largest absolute Gasteiger partial charge is 0.501 e. The molecule has 0 saturated heterocycles. The Morgan fingerprint density at radius 3 is 2.48 bits per heavy atom. The normalized spacial score (nSPS) is 12.0. The van der Waals surface area contributed by atoms with Crippen molar-refractivity contribution in [3.8, 4) is 5.75 Å². The van der Waals surface area contributed by atoms with E-state index in [1.807, 2.05) is 0 Å². The molecule has 2 aromatic rings. The third-order valence-corrected chi connectivity index (χ3v) is 4.30. The first-order valence-corrected chi connectivity index (χ1v) is 7.48. The third kappa shape index (κ3) is 3.31. The number of ether oxygens (including phenoxy) is 1. The molecule has 1 aromatic heterocycles. The van der Waals surface area contributed by atoms with Crippen LogP contribution in [-0.2, 0) is 9.84 Å². The van der Waals surface area contributed by atoms with E-state index >= 15 is 0 Å². The number of amides is 1. The molecule has 0 saturated carbocycles. The first kappa shape index (κ1) is 16.9. The van der Waals surface area contributed by atoms with Crippen LogP contribution < -0.4 is 10.1 Å². The quantitative estimate of drug-likeness (QED) is 0.917. The molecule has 1 heterocycles. The zero-order valence-electron chi connectivity index (χ0n) is 11.5. The Morgan fingerprint density at radius 1 is 1.26 bits per heavy atom. The van der Waals surface area contributed by atoms with Crippen LogP contribution >= 0.6 is 0 Å². The molecule has 0 unspecified atom stereocenters. The number of nitrogens with one attached hydrogen (secondary N) is 1. The van der Waals surface area contributed by atoms with Gasteiger partial charge in [-0.1, -0.05) is 0 Å². The zero-order valence-corrected chi connectivity index (χ0v) is 12.4. The molecule has 1 amide bonds. The van der Waals surface area contributed by atoms with E-state index < -0.39 is 26.1 Å². The number of carbonyl (C=O) groups excluding carboxylic acids is 1. The lowest BCUT2D eigenvalue weighted by molar-refractivity contribution is -0.0436. The molecule has 0 spiro atoms. The van der Waals surface area contributed by atoms with Crippen molar-refractivity contribution >= 4 is 21.4 Å². The fourth-order valence-electron chi connectivity index (χ4n) is 1.67. The zero-order chi connectivity index (χ0) is 17.3. The van der Waals surface area contributed by atoms with Gasteiger partial charge in [0.2, 0.25) is 0 Å². The monoisotopic (exact) mass is 349 g/mol. The standard InChI is InChI=1S/C13H10F3NO5S/c1-21-11-3-2-9(23(19,20)13(14,15)16)6-10(11)17-12(18)8-4-5-22-7-8/h2-7H,1H3,(H,17,18). The summed E-state index contributed by atoms with van der Waals surface area (Å²) in [6, 6.07) is 3.77. The van der Waals surface area contributed by atoms with Gasteiger partial charge in [-0.2, -0.15) is 13.2 Å². The van der Waals surface area contributed by atoms with Crippen LogP contribution in [0.5, 0.6) is 5.75 Å². The van der Waals surface area contributed by atoms with Crippen molar-refractivity contribution in [1.82, 2.24) is 0 Å². The summed E-state index contributed by atoms with van der Waals surface area (Å²) < 4.78 is 70.3. The van der Waals surface area contributed by atoms with Crippen LogP contribution in [0.25, 0.3) is 0 Å². The number of benzene rings is 1. The molecule has 0 bridgehead atoms. The van der Waals surface area contributed by atoms with Crippen LogP contribution in [-0.4, -0.2) is 26.9 Å². The average Bonchev–Trinajstić information content (AvgIpc) is 3.00. The minimum atomic E-state index is -5.54. The van der Waals surface area contributed by atoms with Gasteiger partial charge in [0.25, 0.3) is 15.7 Å². The Kier molecular flexibility index (Phi) is 4.37. The van der Waals surface area contributed by atoms with Gasteiger partial charge in [-0.15, -0.1) is 0 Å². The Hall–Kier alpha value is -2.49. The second-order valence-corrected chi connectivity index (χ2v) is 6.22. The van der Waals surface area contributed by atoms with E-state index in [1.165, 1.54) is 19.4 Å². The molecular weight excluding hydrogens is 339 g/mol. The number of carbonyl (C=O) groups is 1. The van der Waals surface area contributed by atoms with Gasteiger partial charge in [0, 0.05) is 0 Å². The molecular formula is C13H10F3NO5S. The maximum absolute atomic E-state index is 12.6. The molecule has 0 aliphatic rings. The second kappa shape index (κ2) is 5.95. The fourth-order valence-corrected chi connectivity index (χ4v) is 2.46. The second-order valence-electron chi connectivity index (χ2n) is 4.28. The maximum atomic E-state index is 12.6. The number of anilines is 1. The van der Waals surface area contributed by atoms with Gasteiger partial charge >= 0.3 is 5.51 Å². The van der Waals surface area contributed by atoms with E-state index in [4.69, 9.17) is 9.15 Å². The third-order valence-electron chi connectivity index (χ3n) is 2.82. The van der Waals surface area contributed by atoms with Crippen LogP contribution in [0.1, 0.15) is 10.4 Å². The van der Waals surface area contributed by atoms with Gasteiger partial charge < -0.3 is 14.5 Å². The summed E-state index contributed by atoms with van der Waals surface area (Å²) in [5.41, 5.74) is -5.56. The molecule has 124 valence electrons. The SMILES string of the molecule is COc1ccc(S(=O)(=O)C(F)(F)F)cc1NC(=O)c1ccoc1. The Morgan fingerprint density at radius 2 is 1.96 bits per heavy atom. The highest BCUT2D eigenvalue weighted by atomic mass is 32.2. The lowest BCUT2D eigenvalue weighted by Gasteiger charge is -2.13. The summed E-state index contributed by atoms with van der Waals surface area (Å²) in [5, 5.41) is 2.27. The molecule has 23 heavy (non-hydrogen) atoms. The van der Waals surface area contributed by atoms with Crippen LogP contribution in [0, 0.1) is 0 Å². The molecule has 6 nitrogen and oxygen atoms in total. The number of furan rings is 1. The van der Waals surface area contributed by atoms with Crippen molar-refractivity contribution in [1.29, 1.82) is 0 Å². The van der Waals surface area contributed by atoms with Crippen LogP contribution in [0.4, 0.5) is 18.9 Å².